The summed E-state index contributed by atoms with van der Waals surface area (Å²) in [6.07, 6.45) is -0.887. The number of benzene rings is 1. The van der Waals surface area contributed by atoms with Gasteiger partial charge in [0.25, 0.3) is 0 Å². The fourth-order valence-corrected chi connectivity index (χ4v) is 1.47. The zero-order chi connectivity index (χ0) is 12.1. The number of hydrogen-bond acceptors (Lipinski definition) is 3. The van der Waals surface area contributed by atoms with Gasteiger partial charge < -0.3 is 15.6 Å². The van der Waals surface area contributed by atoms with Gasteiger partial charge in [0.1, 0.15) is 11.6 Å². The maximum atomic E-state index is 13.3. The molecule has 5 heteroatoms. The van der Waals surface area contributed by atoms with Crippen LogP contribution in [0.5, 0.6) is 0 Å². The maximum Gasteiger partial charge on any atom is 0.131 e. The number of rotatable bonds is 5. The van der Waals surface area contributed by atoms with E-state index in [2.05, 4.69) is 0 Å². The molecule has 0 spiro atoms. The molecule has 2 unspecified atom stereocenters. The van der Waals surface area contributed by atoms with E-state index in [9.17, 15) is 13.9 Å². The van der Waals surface area contributed by atoms with Crippen LogP contribution in [0.3, 0.4) is 0 Å². The highest BCUT2D eigenvalue weighted by molar-refractivity contribution is 5.21. The van der Waals surface area contributed by atoms with Crippen LogP contribution < -0.4 is 5.73 Å². The number of nitrogens with two attached hydrogens (primary N) is 1. The number of halogens is 2. The third-order valence-corrected chi connectivity index (χ3v) is 2.23. The van der Waals surface area contributed by atoms with E-state index in [4.69, 9.17) is 10.5 Å². The van der Waals surface area contributed by atoms with Crippen LogP contribution in [0.1, 0.15) is 18.1 Å². The lowest BCUT2D eigenvalue weighted by Crippen LogP contribution is -2.28. The summed E-state index contributed by atoms with van der Waals surface area (Å²) in [6, 6.07) is 2.67. The third kappa shape index (κ3) is 3.52. The minimum Gasteiger partial charge on any atom is -0.388 e. The topological polar surface area (TPSA) is 55.5 Å². The van der Waals surface area contributed by atoms with Gasteiger partial charge in [-0.15, -0.1) is 0 Å². The summed E-state index contributed by atoms with van der Waals surface area (Å²) in [4.78, 5) is 0. The summed E-state index contributed by atoms with van der Waals surface area (Å²) >= 11 is 0. The summed E-state index contributed by atoms with van der Waals surface area (Å²) in [5, 5.41) is 9.69. The second-order valence-corrected chi connectivity index (χ2v) is 3.63. The first-order chi connectivity index (χ1) is 7.54. The molecular formula is C11H15F2NO2. The predicted molar refractivity (Wildman–Crippen MR) is 55.8 cm³/mol. The van der Waals surface area contributed by atoms with E-state index in [1.165, 1.54) is 13.2 Å². The van der Waals surface area contributed by atoms with Crippen molar-refractivity contribution >= 4 is 0 Å². The Morgan fingerprint density at radius 1 is 1.44 bits per heavy atom. The van der Waals surface area contributed by atoms with Gasteiger partial charge in [-0.1, -0.05) is 6.07 Å². The molecule has 3 N–H and O–H groups in total. The Balaban J connectivity index is 2.69. The van der Waals surface area contributed by atoms with Crippen LogP contribution in [-0.4, -0.2) is 24.9 Å². The van der Waals surface area contributed by atoms with Crippen molar-refractivity contribution in [2.24, 2.45) is 5.73 Å². The molecule has 0 heterocycles. The molecule has 0 saturated heterocycles. The third-order valence-electron chi connectivity index (χ3n) is 2.23. The number of aliphatic hydroxyl groups excluding tert-OH is 1. The first-order valence-electron chi connectivity index (χ1n) is 4.92. The lowest BCUT2D eigenvalue weighted by molar-refractivity contribution is 0.119. The normalized spacial score (nSPS) is 14.8. The van der Waals surface area contributed by atoms with Crippen molar-refractivity contribution in [3.8, 4) is 0 Å². The average molecular weight is 231 g/mol. The van der Waals surface area contributed by atoms with E-state index in [1.54, 1.807) is 0 Å². The second-order valence-electron chi connectivity index (χ2n) is 3.63. The van der Waals surface area contributed by atoms with E-state index < -0.39 is 17.7 Å². The van der Waals surface area contributed by atoms with E-state index in [0.29, 0.717) is 0 Å². The number of hydrogen-bond donors (Lipinski definition) is 2. The zero-order valence-electron chi connectivity index (χ0n) is 8.99. The fraction of sp³-hybridized carbons (Fsp3) is 0.455. The lowest BCUT2D eigenvalue weighted by atomic mass is 10.0. The summed E-state index contributed by atoms with van der Waals surface area (Å²) in [6.45, 7) is 0.278. The Hall–Kier alpha value is -1.04. The van der Waals surface area contributed by atoms with Gasteiger partial charge in [0.2, 0.25) is 0 Å². The van der Waals surface area contributed by atoms with E-state index in [-0.39, 0.29) is 24.6 Å². The number of methoxy groups -OCH3 is 1. The van der Waals surface area contributed by atoms with Crippen molar-refractivity contribution in [2.45, 2.75) is 18.6 Å². The molecule has 0 amide bonds. The van der Waals surface area contributed by atoms with Crippen LogP contribution in [0.4, 0.5) is 8.78 Å². The van der Waals surface area contributed by atoms with Crippen LogP contribution in [0.25, 0.3) is 0 Å². The molecule has 0 aliphatic carbocycles. The van der Waals surface area contributed by atoms with Crippen molar-refractivity contribution in [3.63, 3.8) is 0 Å². The van der Waals surface area contributed by atoms with Crippen LogP contribution >= 0.6 is 0 Å². The standard InChI is InChI=1S/C11H15F2NO2/c1-16-6-8(14)5-11(15)9-3-2-7(12)4-10(9)13/h2-4,8,11,15H,5-6,14H2,1H3. The van der Waals surface area contributed by atoms with E-state index in [1.807, 2.05) is 0 Å². The van der Waals surface area contributed by atoms with E-state index in [0.717, 1.165) is 12.1 Å². The lowest BCUT2D eigenvalue weighted by Gasteiger charge is -2.16. The van der Waals surface area contributed by atoms with Crippen LogP contribution in [0.2, 0.25) is 0 Å². The minimum atomic E-state index is -1.05. The van der Waals surface area contributed by atoms with Gasteiger partial charge in [-0.05, 0) is 12.5 Å². The summed E-state index contributed by atoms with van der Waals surface area (Å²) in [5.41, 5.74) is 5.67. The number of aliphatic hydroxyl groups is 1. The van der Waals surface area contributed by atoms with Gasteiger partial charge in [0.15, 0.2) is 0 Å². The SMILES string of the molecule is COCC(N)CC(O)c1ccc(F)cc1F. The highest BCUT2D eigenvalue weighted by Gasteiger charge is 2.16. The van der Waals surface area contributed by atoms with Crippen molar-refractivity contribution in [1.82, 2.24) is 0 Å². The minimum absolute atomic E-state index is 0.0490. The van der Waals surface area contributed by atoms with Crippen molar-refractivity contribution in [1.29, 1.82) is 0 Å². The average Bonchev–Trinajstić information content (AvgIpc) is 2.17. The molecule has 0 aliphatic heterocycles. The Bertz CT molecular complexity index is 347. The van der Waals surface area contributed by atoms with Crippen LogP contribution in [0.15, 0.2) is 18.2 Å². The monoisotopic (exact) mass is 231 g/mol. The van der Waals surface area contributed by atoms with Crippen molar-refractivity contribution in [3.05, 3.63) is 35.4 Å². The molecule has 2 atom stereocenters. The van der Waals surface area contributed by atoms with Gasteiger partial charge in [0, 0.05) is 24.8 Å². The Labute approximate surface area is 92.8 Å². The summed E-state index contributed by atoms with van der Waals surface area (Å²) in [5.74, 6) is -1.44. The highest BCUT2D eigenvalue weighted by Crippen LogP contribution is 2.21. The Kier molecular flexibility index (Phi) is 4.79. The molecular weight excluding hydrogens is 216 g/mol. The van der Waals surface area contributed by atoms with Gasteiger partial charge in [-0.25, -0.2) is 8.78 Å². The molecule has 1 aromatic carbocycles. The van der Waals surface area contributed by atoms with Crippen LogP contribution in [0, 0.1) is 11.6 Å². The van der Waals surface area contributed by atoms with E-state index >= 15 is 0 Å². The molecule has 0 aliphatic rings. The number of ether oxygens (including phenoxy) is 1. The molecule has 0 fully saturated rings. The quantitative estimate of drug-likeness (QED) is 0.804. The fourth-order valence-electron chi connectivity index (χ4n) is 1.47. The largest absolute Gasteiger partial charge is 0.388 e. The molecule has 0 radical (unpaired) electrons. The van der Waals surface area contributed by atoms with Gasteiger partial charge >= 0.3 is 0 Å². The smallest absolute Gasteiger partial charge is 0.131 e. The zero-order valence-corrected chi connectivity index (χ0v) is 8.99. The van der Waals surface area contributed by atoms with Crippen LogP contribution in [-0.2, 0) is 4.74 Å². The first kappa shape index (κ1) is 13.0. The Morgan fingerprint density at radius 3 is 2.69 bits per heavy atom. The molecule has 3 nitrogen and oxygen atoms in total. The second kappa shape index (κ2) is 5.89. The molecule has 1 aromatic rings. The molecule has 16 heavy (non-hydrogen) atoms. The van der Waals surface area contributed by atoms with Gasteiger partial charge in [0.05, 0.1) is 12.7 Å². The Morgan fingerprint density at radius 2 is 2.12 bits per heavy atom. The maximum absolute atomic E-state index is 13.3. The van der Waals surface area contributed by atoms with Gasteiger partial charge in [-0.2, -0.15) is 0 Å². The predicted octanol–water partition coefficient (Wildman–Crippen LogP) is 1.36. The highest BCUT2D eigenvalue weighted by atomic mass is 19.1. The van der Waals surface area contributed by atoms with Crippen molar-refractivity contribution in [2.75, 3.05) is 13.7 Å². The first-order valence-corrected chi connectivity index (χ1v) is 4.92. The molecule has 90 valence electrons. The van der Waals surface area contributed by atoms with Gasteiger partial charge in [-0.3, -0.25) is 0 Å². The molecule has 0 aromatic heterocycles. The summed E-state index contributed by atoms with van der Waals surface area (Å²) in [7, 11) is 1.49. The molecule has 0 saturated carbocycles. The molecule has 0 bridgehead atoms. The van der Waals surface area contributed by atoms with Crippen molar-refractivity contribution < 1.29 is 18.6 Å². The molecule has 1 rings (SSSR count). The summed E-state index contributed by atoms with van der Waals surface area (Å²) < 4.78 is 30.7.